The first-order valence-corrected chi connectivity index (χ1v) is 16.1. The van der Waals surface area contributed by atoms with Crippen LogP contribution in [0.15, 0.2) is 29.8 Å². The SMILES string of the molecule is CC(C)CCC[C@@H](C)[C@H]1CC[C@H]2[C@@H]3CC=C4C[C@@H](OC(=O)c5ccc(Cl)cc5Cl)CC[C@]4(C)[C@H]3CC[C@]12C. The van der Waals surface area contributed by atoms with Gasteiger partial charge in [0.2, 0.25) is 0 Å². The van der Waals surface area contributed by atoms with Crippen molar-refractivity contribution in [3.05, 3.63) is 45.5 Å². The quantitative estimate of drug-likeness (QED) is 0.245. The van der Waals surface area contributed by atoms with Crippen LogP contribution in [-0.2, 0) is 4.74 Å². The van der Waals surface area contributed by atoms with Crippen molar-refractivity contribution >= 4 is 29.2 Å². The Kier molecular flexibility index (Phi) is 8.35. The molecule has 0 heterocycles. The van der Waals surface area contributed by atoms with Crippen LogP contribution >= 0.6 is 23.2 Å². The van der Waals surface area contributed by atoms with Crippen molar-refractivity contribution in [1.29, 1.82) is 0 Å². The minimum atomic E-state index is -0.331. The van der Waals surface area contributed by atoms with E-state index in [9.17, 15) is 4.79 Å². The van der Waals surface area contributed by atoms with Gasteiger partial charge in [0.1, 0.15) is 6.10 Å². The number of hydrogen-bond acceptors (Lipinski definition) is 2. The minimum Gasteiger partial charge on any atom is -0.458 e. The van der Waals surface area contributed by atoms with E-state index in [4.69, 9.17) is 27.9 Å². The van der Waals surface area contributed by atoms with Crippen LogP contribution in [0.3, 0.4) is 0 Å². The summed E-state index contributed by atoms with van der Waals surface area (Å²) in [5.74, 6) is 4.71. The summed E-state index contributed by atoms with van der Waals surface area (Å²) >= 11 is 12.3. The zero-order chi connectivity index (χ0) is 27.2. The molecule has 0 bridgehead atoms. The van der Waals surface area contributed by atoms with Crippen LogP contribution in [0.4, 0.5) is 0 Å². The fourth-order valence-electron chi connectivity index (χ4n) is 9.62. The molecule has 5 rings (SSSR count). The third-order valence-electron chi connectivity index (χ3n) is 11.7. The highest BCUT2D eigenvalue weighted by Gasteiger charge is 2.59. The Bertz CT molecular complexity index is 1060. The van der Waals surface area contributed by atoms with E-state index >= 15 is 0 Å². The Morgan fingerprint density at radius 2 is 1.82 bits per heavy atom. The van der Waals surface area contributed by atoms with Gasteiger partial charge in [0.15, 0.2) is 0 Å². The maximum absolute atomic E-state index is 12.9. The summed E-state index contributed by atoms with van der Waals surface area (Å²) in [4.78, 5) is 12.9. The molecule has 2 nitrogen and oxygen atoms in total. The second-order valence-electron chi connectivity index (χ2n) is 14.2. The van der Waals surface area contributed by atoms with Gasteiger partial charge in [-0.2, -0.15) is 0 Å². The summed E-state index contributed by atoms with van der Waals surface area (Å²) in [7, 11) is 0. The monoisotopic (exact) mass is 558 g/mol. The van der Waals surface area contributed by atoms with Gasteiger partial charge in [-0.3, -0.25) is 0 Å². The minimum absolute atomic E-state index is 0.0680. The molecule has 3 fully saturated rings. The molecule has 210 valence electrons. The van der Waals surface area contributed by atoms with Gasteiger partial charge in [0.05, 0.1) is 10.6 Å². The lowest BCUT2D eigenvalue weighted by Crippen LogP contribution is -2.51. The number of carbonyl (C=O) groups is 1. The third-order valence-corrected chi connectivity index (χ3v) is 12.2. The summed E-state index contributed by atoms with van der Waals surface area (Å²) in [6.45, 7) is 12.5. The lowest BCUT2D eigenvalue weighted by molar-refractivity contribution is -0.0594. The Labute approximate surface area is 241 Å². The van der Waals surface area contributed by atoms with Gasteiger partial charge in [-0.05, 0) is 109 Å². The van der Waals surface area contributed by atoms with Crippen molar-refractivity contribution in [2.24, 2.45) is 46.3 Å². The number of hydrogen-bond donors (Lipinski definition) is 0. The molecule has 0 unspecified atom stereocenters. The molecule has 0 aromatic heterocycles. The maximum Gasteiger partial charge on any atom is 0.339 e. The summed E-state index contributed by atoms with van der Waals surface area (Å²) in [6, 6.07) is 4.98. The van der Waals surface area contributed by atoms with E-state index in [1.165, 1.54) is 51.4 Å². The Morgan fingerprint density at radius 3 is 2.55 bits per heavy atom. The van der Waals surface area contributed by atoms with E-state index in [2.05, 4.69) is 40.7 Å². The molecule has 4 heteroatoms. The maximum atomic E-state index is 12.9. The third kappa shape index (κ3) is 5.23. The van der Waals surface area contributed by atoms with E-state index in [-0.39, 0.29) is 17.5 Å². The number of fused-ring (bicyclic) bond motifs is 5. The predicted molar refractivity (Wildman–Crippen MR) is 159 cm³/mol. The fraction of sp³-hybridized carbons (Fsp3) is 0.735. The number of ether oxygens (including phenoxy) is 1. The van der Waals surface area contributed by atoms with E-state index in [0.29, 0.717) is 21.0 Å². The molecule has 0 amide bonds. The van der Waals surface area contributed by atoms with Gasteiger partial charge in [-0.25, -0.2) is 4.79 Å². The number of esters is 1. The standard InChI is InChI=1S/C34H48Cl2O2/c1-21(2)7-6-8-22(3)28-13-14-29-26-11-9-23-19-25(38-32(37)27-12-10-24(35)20-31(27)36)15-17-33(23,4)30(26)16-18-34(28,29)5/h9-10,12,20-22,25-26,28-30H,6-8,11,13-19H2,1-5H3/t22-,25+,26+,28-,29+,30+,33+,34-/m1/s1. The lowest BCUT2D eigenvalue weighted by atomic mass is 9.47. The summed E-state index contributed by atoms with van der Waals surface area (Å²) in [6.07, 6.45) is 16.4. The zero-order valence-corrected chi connectivity index (χ0v) is 25.7. The van der Waals surface area contributed by atoms with Crippen molar-refractivity contribution in [2.45, 2.75) is 111 Å². The molecular weight excluding hydrogens is 511 g/mol. The van der Waals surface area contributed by atoms with Gasteiger partial charge in [-0.15, -0.1) is 0 Å². The first-order chi connectivity index (χ1) is 18.0. The smallest absolute Gasteiger partial charge is 0.339 e. The van der Waals surface area contributed by atoms with Crippen LogP contribution in [0.5, 0.6) is 0 Å². The average molecular weight is 560 g/mol. The van der Waals surface area contributed by atoms with Crippen LogP contribution in [-0.4, -0.2) is 12.1 Å². The summed E-state index contributed by atoms with van der Waals surface area (Å²) < 4.78 is 5.99. The van der Waals surface area contributed by atoms with Crippen LogP contribution in [0.2, 0.25) is 10.0 Å². The van der Waals surface area contributed by atoms with E-state index in [1.54, 1.807) is 23.8 Å². The van der Waals surface area contributed by atoms with Crippen molar-refractivity contribution < 1.29 is 9.53 Å². The molecule has 38 heavy (non-hydrogen) atoms. The van der Waals surface area contributed by atoms with Gasteiger partial charge in [-0.1, -0.05) is 88.7 Å². The lowest BCUT2D eigenvalue weighted by Gasteiger charge is -2.58. The van der Waals surface area contributed by atoms with Crippen LogP contribution in [0.25, 0.3) is 0 Å². The van der Waals surface area contributed by atoms with Gasteiger partial charge in [0.25, 0.3) is 0 Å². The number of carbonyl (C=O) groups excluding carboxylic acids is 1. The molecular formula is C34H48Cl2O2. The zero-order valence-electron chi connectivity index (χ0n) is 24.2. The molecule has 0 aliphatic heterocycles. The Balaban J connectivity index is 1.25. The number of benzene rings is 1. The van der Waals surface area contributed by atoms with Crippen LogP contribution in [0.1, 0.15) is 116 Å². The normalized spacial score (nSPS) is 37.2. The number of rotatable bonds is 7. The van der Waals surface area contributed by atoms with Crippen molar-refractivity contribution in [1.82, 2.24) is 0 Å². The highest BCUT2D eigenvalue weighted by atomic mass is 35.5. The first kappa shape index (κ1) is 28.5. The Morgan fingerprint density at radius 1 is 1.03 bits per heavy atom. The van der Waals surface area contributed by atoms with Crippen LogP contribution < -0.4 is 0 Å². The number of halogens is 2. The molecule has 0 radical (unpaired) electrons. The van der Waals surface area contributed by atoms with E-state index in [1.807, 2.05) is 0 Å². The predicted octanol–water partition coefficient (Wildman–Crippen LogP) is 10.6. The largest absolute Gasteiger partial charge is 0.458 e. The molecule has 0 N–H and O–H groups in total. The molecule has 8 atom stereocenters. The summed E-state index contributed by atoms with van der Waals surface area (Å²) in [5, 5.41) is 0.886. The van der Waals surface area contributed by atoms with Crippen LogP contribution in [0, 0.1) is 46.3 Å². The fourth-order valence-corrected chi connectivity index (χ4v) is 10.1. The van der Waals surface area contributed by atoms with Crippen molar-refractivity contribution in [3.8, 4) is 0 Å². The van der Waals surface area contributed by atoms with Crippen molar-refractivity contribution in [3.63, 3.8) is 0 Å². The number of allylic oxidation sites excluding steroid dienone is 1. The molecule has 1 aromatic rings. The average Bonchev–Trinajstić information content (AvgIpc) is 3.21. The van der Waals surface area contributed by atoms with E-state index < -0.39 is 0 Å². The Hall–Kier alpha value is -0.990. The highest BCUT2D eigenvalue weighted by Crippen LogP contribution is 2.67. The van der Waals surface area contributed by atoms with Gasteiger partial charge in [0, 0.05) is 11.4 Å². The first-order valence-electron chi connectivity index (χ1n) is 15.4. The highest BCUT2D eigenvalue weighted by molar-refractivity contribution is 6.36. The summed E-state index contributed by atoms with van der Waals surface area (Å²) in [5.41, 5.74) is 2.73. The molecule has 0 saturated heterocycles. The van der Waals surface area contributed by atoms with Crippen molar-refractivity contribution in [2.75, 3.05) is 0 Å². The molecule has 4 aliphatic carbocycles. The molecule has 3 saturated carbocycles. The second kappa shape index (κ2) is 11.1. The molecule has 0 spiro atoms. The topological polar surface area (TPSA) is 26.3 Å². The van der Waals surface area contributed by atoms with Gasteiger partial charge >= 0.3 is 5.97 Å². The van der Waals surface area contributed by atoms with Gasteiger partial charge < -0.3 is 4.74 Å². The second-order valence-corrected chi connectivity index (χ2v) is 15.0. The van der Waals surface area contributed by atoms with E-state index in [0.717, 1.165) is 54.8 Å². The molecule has 4 aliphatic rings. The molecule has 1 aromatic carbocycles.